The van der Waals surface area contributed by atoms with Crippen molar-refractivity contribution in [2.24, 2.45) is 7.05 Å². The van der Waals surface area contributed by atoms with Gasteiger partial charge in [-0.05, 0) is 37.9 Å². The molecule has 0 aliphatic carbocycles. The molecule has 0 saturated heterocycles. The third-order valence-corrected chi connectivity index (χ3v) is 3.67. The van der Waals surface area contributed by atoms with Crippen LogP contribution in [0.5, 0.6) is 5.75 Å². The normalized spacial score (nSPS) is 12.6. The van der Waals surface area contributed by atoms with Crippen LogP contribution < -0.4 is 10.1 Å². The van der Waals surface area contributed by atoms with Gasteiger partial charge in [-0.3, -0.25) is 4.68 Å². The Balaban J connectivity index is 2.00. The molecule has 0 aliphatic heterocycles. The fraction of sp³-hybridized carbons (Fsp3) is 0.438. The molecule has 0 amide bonds. The predicted molar refractivity (Wildman–Crippen MR) is 84.3 cm³/mol. The van der Waals surface area contributed by atoms with E-state index in [1.807, 2.05) is 36.1 Å². The predicted octanol–water partition coefficient (Wildman–Crippen LogP) is 1.82. The van der Waals surface area contributed by atoms with Crippen molar-refractivity contribution < 1.29 is 4.74 Å². The zero-order valence-corrected chi connectivity index (χ0v) is 13.2. The Morgan fingerprint density at radius 1 is 1.33 bits per heavy atom. The number of nitrogens with one attached hydrogen (secondary N) is 1. The highest BCUT2D eigenvalue weighted by Crippen LogP contribution is 2.22. The minimum absolute atomic E-state index is 0.299. The first-order valence-corrected chi connectivity index (χ1v) is 7.09. The van der Waals surface area contributed by atoms with Crippen LogP contribution in [0.2, 0.25) is 0 Å². The summed E-state index contributed by atoms with van der Waals surface area (Å²) < 4.78 is 7.21. The molecule has 114 valence electrons. The number of hydrogen-bond acceptors (Lipinski definition) is 4. The molecule has 1 heterocycles. The molecule has 1 aromatic heterocycles. The first kappa shape index (κ1) is 15.5. The minimum Gasteiger partial charge on any atom is -0.497 e. The van der Waals surface area contributed by atoms with Gasteiger partial charge in [-0.2, -0.15) is 5.10 Å². The van der Waals surface area contributed by atoms with Gasteiger partial charge in [-0.25, -0.2) is 0 Å². The third-order valence-electron chi connectivity index (χ3n) is 3.67. The lowest BCUT2D eigenvalue weighted by Crippen LogP contribution is -2.31. The lowest BCUT2D eigenvalue weighted by molar-refractivity contribution is 0.286. The van der Waals surface area contributed by atoms with E-state index in [9.17, 15) is 0 Å². The molecule has 5 heteroatoms. The molecule has 2 rings (SSSR count). The van der Waals surface area contributed by atoms with Gasteiger partial charge < -0.3 is 15.0 Å². The Hall–Kier alpha value is -1.85. The summed E-state index contributed by atoms with van der Waals surface area (Å²) >= 11 is 0. The van der Waals surface area contributed by atoms with Crippen LogP contribution in [0.1, 0.15) is 17.3 Å². The number of ether oxygens (including phenoxy) is 1. The van der Waals surface area contributed by atoms with Crippen LogP contribution in [0.15, 0.2) is 36.5 Å². The van der Waals surface area contributed by atoms with Gasteiger partial charge in [0.15, 0.2) is 0 Å². The smallest absolute Gasteiger partial charge is 0.119 e. The molecule has 1 N–H and O–H groups in total. The topological polar surface area (TPSA) is 42.3 Å². The molecule has 0 bridgehead atoms. The molecule has 2 aromatic rings. The Morgan fingerprint density at radius 3 is 2.76 bits per heavy atom. The summed E-state index contributed by atoms with van der Waals surface area (Å²) in [6, 6.07) is 10.6. The molecule has 0 spiro atoms. The second-order valence-electron chi connectivity index (χ2n) is 5.33. The quantitative estimate of drug-likeness (QED) is 0.844. The lowest BCUT2D eigenvalue weighted by atomic mass is 10.1. The van der Waals surface area contributed by atoms with Crippen molar-refractivity contribution in [1.82, 2.24) is 20.0 Å². The molecule has 1 aromatic carbocycles. The van der Waals surface area contributed by atoms with Crippen LogP contribution in [0, 0.1) is 0 Å². The second kappa shape index (κ2) is 7.24. The van der Waals surface area contributed by atoms with Gasteiger partial charge in [-0.1, -0.05) is 12.1 Å². The molecule has 0 fully saturated rings. The SMILES string of the molecule is COc1cccc(C(CNCc2ccnn2C)N(C)C)c1. The van der Waals surface area contributed by atoms with Crippen molar-refractivity contribution in [2.45, 2.75) is 12.6 Å². The molecule has 0 saturated carbocycles. The van der Waals surface area contributed by atoms with E-state index < -0.39 is 0 Å². The highest BCUT2D eigenvalue weighted by atomic mass is 16.5. The third kappa shape index (κ3) is 4.06. The number of nitrogens with zero attached hydrogens (tertiary/aromatic N) is 3. The summed E-state index contributed by atoms with van der Waals surface area (Å²) in [7, 11) is 7.85. The van der Waals surface area contributed by atoms with Crippen LogP contribution in [-0.4, -0.2) is 42.4 Å². The Kier molecular flexibility index (Phi) is 5.36. The van der Waals surface area contributed by atoms with Gasteiger partial charge in [0.25, 0.3) is 0 Å². The zero-order chi connectivity index (χ0) is 15.2. The van der Waals surface area contributed by atoms with E-state index in [2.05, 4.69) is 41.5 Å². The van der Waals surface area contributed by atoms with Crippen molar-refractivity contribution in [3.05, 3.63) is 47.8 Å². The summed E-state index contributed by atoms with van der Waals surface area (Å²) in [6.45, 7) is 1.68. The number of aryl methyl sites for hydroxylation is 1. The van der Waals surface area contributed by atoms with Gasteiger partial charge in [0, 0.05) is 32.4 Å². The van der Waals surface area contributed by atoms with Gasteiger partial charge in [0.2, 0.25) is 0 Å². The zero-order valence-electron chi connectivity index (χ0n) is 13.2. The minimum atomic E-state index is 0.299. The number of methoxy groups -OCH3 is 1. The largest absolute Gasteiger partial charge is 0.497 e. The second-order valence-corrected chi connectivity index (χ2v) is 5.33. The van der Waals surface area contributed by atoms with Crippen molar-refractivity contribution in [3.8, 4) is 5.75 Å². The fourth-order valence-corrected chi connectivity index (χ4v) is 2.36. The fourth-order valence-electron chi connectivity index (χ4n) is 2.36. The molecular weight excluding hydrogens is 264 g/mol. The van der Waals surface area contributed by atoms with Crippen molar-refractivity contribution in [2.75, 3.05) is 27.7 Å². The Morgan fingerprint density at radius 2 is 2.14 bits per heavy atom. The van der Waals surface area contributed by atoms with Crippen molar-refractivity contribution >= 4 is 0 Å². The average molecular weight is 288 g/mol. The monoisotopic (exact) mass is 288 g/mol. The molecular formula is C16H24N4O. The number of hydrogen-bond donors (Lipinski definition) is 1. The van der Waals surface area contributed by atoms with Gasteiger partial charge in [0.1, 0.15) is 5.75 Å². The molecule has 5 nitrogen and oxygen atoms in total. The summed E-state index contributed by atoms with van der Waals surface area (Å²) in [5, 5.41) is 7.68. The van der Waals surface area contributed by atoms with Crippen LogP contribution >= 0.6 is 0 Å². The summed E-state index contributed by atoms with van der Waals surface area (Å²) in [4.78, 5) is 2.21. The number of rotatable bonds is 7. The average Bonchev–Trinajstić information content (AvgIpc) is 2.88. The summed E-state index contributed by atoms with van der Waals surface area (Å²) in [6.07, 6.45) is 1.82. The van der Waals surface area contributed by atoms with E-state index in [-0.39, 0.29) is 0 Å². The first-order chi connectivity index (χ1) is 10.1. The van der Waals surface area contributed by atoms with Gasteiger partial charge in [0.05, 0.1) is 12.8 Å². The Bertz CT molecular complexity index is 565. The van der Waals surface area contributed by atoms with Gasteiger partial charge in [-0.15, -0.1) is 0 Å². The number of likely N-dealkylation sites (N-methyl/N-ethyl adjacent to an activating group) is 1. The standard InChI is InChI=1S/C16H24N4O/c1-19(2)16(13-6-5-7-15(10-13)21-4)12-17-11-14-8-9-18-20(14)3/h5-10,16-17H,11-12H2,1-4H3. The van der Waals surface area contributed by atoms with E-state index in [0.29, 0.717) is 6.04 Å². The van der Waals surface area contributed by atoms with E-state index in [1.54, 1.807) is 7.11 Å². The molecule has 0 radical (unpaired) electrons. The molecule has 1 unspecified atom stereocenters. The van der Waals surface area contributed by atoms with Crippen molar-refractivity contribution in [3.63, 3.8) is 0 Å². The van der Waals surface area contributed by atoms with Crippen LogP contribution in [0.4, 0.5) is 0 Å². The molecule has 0 aliphatic rings. The van der Waals surface area contributed by atoms with Crippen LogP contribution in [-0.2, 0) is 13.6 Å². The Labute approximate surface area is 126 Å². The van der Waals surface area contributed by atoms with Gasteiger partial charge >= 0.3 is 0 Å². The van der Waals surface area contributed by atoms with E-state index in [0.717, 1.165) is 18.8 Å². The van der Waals surface area contributed by atoms with E-state index in [1.165, 1.54) is 11.3 Å². The van der Waals surface area contributed by atoms with E-state index in [4.69, 9.17) is 4.74 Å². The van der Waals surface area contributed by atoms with Crippen LogP contribution in [0.25, 0.3) is 0 Å². The maximum absolute atomic E-state index is 5.31. The highest BCUT2D eigenvalue weighted by molar-refractivity contribution is 5.30. The summed E-state index contributed by atoms with van der Waals surface area (Å²) in [5.74, 6) is 0.894. The number of aromatic nitrogens is 2. The van der Waals surface area contributed by atoms with Crippen LogP contribution in [0.3, 0.4) is 0 Å². The highest BCUT2D eigenvalue weighted by Gasteiger charge is 2.14. The molecule has 21 heavy (non-hydrogen) atoms. The summed E-state index contributed by atoms with van der Waals surface area (Å²) in [5.41, 5.74) is 2.43. The van der Waals surface area contributed by atoms with E-state index >= 15 is 0 Å². The maximum Gasteiger partial charge on any atom is 0.119 e. The molecule has 1 atom stereocenters. The maximum atomic E-state index is 5.31. The lowest BCUT2D eigenvalue weighted by Gasteiger charge is -2.25. The number of benzene rings is 1. The first-order valence-electron chi connectivity index (χ1n) is 7.09. The van der Waals surface area contributed by atoms with Crippen molar-refractivity contribution in [1.29, 1.82) is 0 Å².